The highest BCUT2D eigenvalue weighted by atomic mass is 35.5. The number of hydrogen-bond acceptors (Lipinski definition) is 2. The van der Waals surface area contributed by atoms with Gasteiger partial charge in [0, 0.05) is 16.6 Å². The second-order valence-electron chi connectivity index (χ2n) is 5.23. The van der Waals surface area contributed by atoms with Gasteiger partial charge in [-0.05, 0) is 55.3 Å². The van der Waals surface area contributed by atoms with E-state index < -0.39 is 0 Å². The Morgan fingerprint density at radius 3 is 3.00 bits per heavy atom. The van der Waals surface area contributed by atoms with Gasteiger partial charge in [-0.2, -0.15) is 0 Å². The van der Waals surface area contributed by atoms with Gasteiger partial charge in [0.2, 0.25) is 0 Å². The van der Waals surface area contributed by atoms with Crippen LogP contribution in [0.25, 0.3) is 0 Å². The summed E-state index contributed by atoms with van der Waals surface area (Å²) in [5.74, 6) is 0.567. The fourth-order valence-electron chi connectivity index (χ4n) is 2.87. The highest BCUT2D eigenvalue weighted by Crippen LogP contribution is 2.37. The minimum absolute atomic E-state index is 0.275. The predicted molar refractivity (Wildman–Crippen MR) is 82.3 cm³/mol. The van der Waals surface area contributed by atoms with E-state index in [4.69, 9.17) is 16.3 Å². The predicted octanol–water partition coefficient (Wildman–Crippen LogP) is 4.26. The Morgan fingerprint density at radius 2 is 2.19 bits per heavy atom. The summed E-state index contributed by atoms with van der Waals surface area (Å²) in [5.41, 5.74) is 3.20. The van der Waals surface area contributed by atoms with E-state index in [1.165, 1.54) is 23.3 Å². The number of halogens is 2. The quantitative estimate of drug-likeness (QED) is 0.911. The van der Waals surface area contributed by atoms with Gasteiger partial charge in [0.1, 0.15) is 18.2 Å². The van der Waals surface area contributed by atoms with E-state index in [0.29, 0.717) is 16.6 Å². The van der Waals surface area contributed by atoms with Crippen molar-refractivity contribution in [2.45, 2.75) is 25.5 Å². The molecule has 1 aliphatic carbocycles. The molecule has 21 heavy (non-hydrogen) atoms. The lowest BCUT2D eigenvalue weighted by molar-refractivity contribution is 0.303. The minimum Gasteiger partial charge on any atom is -0.489 e. The van der Waals surface area contributed by atoms with E-state index >= 15 is 0 Å². The molecule has 4 heteroatoms. The molecule has 2 aromatic carbocycles. The van der Waals surface area contributed by atoms with Gasteiger partial charge in [-0.15, -0.1) is 0 Å². The summed E-state index contributed by atoms with van der Waals surface area (Å²) < 4.78 is 19.2. The van der Waals surface area contributed by atoms with Crippen LogP contribution in [0.2, 0.25) is 5.02 Å². The van der Waals surface area contributed by atoms with Crippen molar-refractivity contribution in [3.63, 3.8) is 0 Å². The van der Waals surface area contributed by atoms with Gasteiger partial charge in [0.25, 0.3) is 0 Å². The molecule has 0 amide bonds. The van der Waals surface area contributed by atoms with Crippen molar-refractivity contribution < 1.29 is 9.13 Å². The van der Waals surface area contributed by atoms with Crippen molar-refractivity contribution in [2.75, 3.05) is 7.05 Å². The molecule has 0 heterocycles. The van der Waals surface area contributed by atoms with Crippen molar-refractivity contribution >= 4 is 11.6 Å². The second kappa shape index (κ2) is 6.04. The largest absolute Gasteiger partial charge is 0.489 e. The first kappa shape index (κ1) is 14.4. The van der Waals surface area contributed by atoms with Crippen LogP contribution >= 0.6 is 11.6 Å². The molecule has 2 nitrogen and oxygen atoms in total. The van der Waals surface area contributed by atoms with E-state index in [0.717, 1.165) is 18.6 Å². The SMILES string of the molecule is CNC1CCc2c(OCc3cc(F)ccc3Cl)cccc21. The fourth-order valence-corrected chi connectivity index (χ4v) is 3.04. The summed E-state index contributed by atoms with van der Waals surface area (Å²) in [6.07, 6.45) is 2.07. The van der Waals surface area contributed by atoms with Gasteiger partial charge in [0.05, 0.1) is 0 Å². The molecule has 1 aliphatic rings. The van der Waals surface area contributed by atoms with Crippen LogP contribution in [-0.4, -0.2) is 7.05 Å². The van der Waals surface area contributed by atoms with Gasteiger partial charge in [-0.3, -0.25) is 0 Å². The second-order valence-corrected chi connectivity index (χ2v) is 5.64. The maximum Gasteiger partial charge on any atom is 0.123 e. The third kappa shape index (κ3) is 2.89. The lowest BCUT2D eigenvalue weighted by Gasteiger charge is -2.13. The van der Waals surface area contributed by atoms with Crippen LogP contribution in [0.1, 0.15) is 29.2 Å². The van der Waals surface area contributed by atoms with Crippen molar-refractivity contribution in [2.24, 2.45) is 0 Å². The molecule has 1 atom stereocenters. The topological polar surface area (TPSA) is 21.3 Å². The fraction of sp³-hybridized carbons (Fsp3) is 0.294. The molecule has 0 aliphatic heterocycles. The van der Waals surface area contributed by atoms with E-state index in [1.807, 2.05) is 19.2 Å². The van der Waals surface area contributed by atoms with Crippen LogP contribution in [0, 0.1) is 5.82 Å². The number of rotatable bonds is 4. The van der Waals surface area contributed by atoms with Crippen LogP contribution in [0.5, 0.6) is 5.75 Å². The van der Waals surface area contributed by atoms with Crippen molar-refractivity contribution in [1.29, 1.82) is 0 Å². The molecular formula is C17H17ClFNO. The number of ether oxygens (including phenoxy) is 1. The standard InChI is InChI=1S/C17H17ClFNO/c1-20-16-8-6-14-13(16)3-2-4-17(14)21-10-11-9-12(19)5-7-15(11)18/h2-5,7,9,16,20H,6,8,10H2,1H3. The molecule has 0 bridgehead atoms. The Labute approximate surface area is 128 Å². The molecule has 0 spiro atoms. The molecule has 0 fully saturated rings. The van der Waals surface area contributed by atoms with Crippen molar-refractivity contribution in [3.8, 4) is 5.75 Å². The first-order chi connectivity index (χ1) is 10.2. The summed E-state index contributed by atoms with van der Waals surface area (Å²) in [5, 5.41) is 3.84. The molecule has 110 valence electrons. The van der Waals surface area contributed by atoms with Gasteiger partial charge >= 0.3 is 0 Å². The Kier molecular flexibility index (Phi) is 4.13. The van der Waals surface area contributed by atoms with Gasteiger partial charge in [-0.25, -0.2) is 4.39 Å². The van der Waals surface area contributed by atoms with Gasteiger partial charge < -0.3 is 10.1 Å². The summed E-state index contributed by atoms with van der Waals surface area (Å²) in [6, 6.07) is 10.8. The molecule has 1 N–H and O–H groups in total. The van der Waals surface area contributed by atoms with Crippen LogP contribution in [0.3, 0.4) is 0 Å². The zero-order valence-electron chi connectivity index (χ0n) is 11.8. The van der Waals surface area contributed by atoms with Gasteiger partial charge in [-0.1, -0.05) is 23.7 Å². The third-order valence-electron chi connectivity index (χ3n) is 3.97. The van der Waals surface area contributed by atoms with Crippen molar-refractivity contribution in [3.05, 3.63) is 63.9 Å². The van der Waals surface area contributed by atoms with E-state index in [1.54, 1.807) is 6.07 Å². The summed E-state index contributed by atoms with van der Waals surface area (Å²) in [4.78, 5) is 0. The van der Waals surface area contributed by atoms with Crippen LogP contribution in [-0.2, 0) is 13.0 Å². The maximum atomic E-state index is 13.3. The van der Waals surface area contributed by atoms with Crippen LogP contribution < -0.4 is 10.1 Å². The molecule has 3 rings (SSSR count). The molecule has 0 aromatic heterocycles. The summed E-state index contributed by atoms with van der Waals surface area (Å²) in [6.45, 7) is 0.275. The number of benzene rings is 2. The smallest absolute Gasteiger partial charge is 0.123 e. The molecule has 0 saturated heterocycles. The first-order valence-electron chi connectivity index (χ1n) is 7.05. The van der Waals surface area contributed by atoms with Crippen molar-refractivity contribution in [1.82, 2.24) is 5.32 Å². The zero-order chi connectivity index (χ0) is 14.8. The molecule has 0 radical (unpaired) electrons. The van der Waals surface area contributed by atoms with Gasteiger partial charge in [0.15, 0.2) is 0 Å². The molecule has 1 unspecified atom stereocenters. The van der Waals surface area contributed by atoms with E-state index in [9.17, 15) is 4.39 Å². The maximum absolute atomic E-state index is 13.3. The minimum atomic E-state index is -0.300. The lowest BCUT2D eigenvalue weighted by atomic mass is 10.1. The Morgan fingerprint density at radius 1 is 1.33 bits per heavy atom. The Bertz CT molecular complexity index is 659. The average Bonchev–Trinajstić information content (AvgIpc) is 2.92. The number of fused-ring (bicyclic) bond motifs is 1. The Hall–Kier alpha value is -1.58. The number of hydrogen-bond donors (Lipinski definition) is 1. The highest BCUT2D eigenvalue weighted by molar-refractivity contribution is 6.31. The monoisotopic (exact) mass is 305 g/mol. The zero-order valence-corrected chi connectivity index (χ0v) is 12.6. The third-order valence-corrected chi connectivity index (χ3v) is 4.34. The van der Waals surface area contributed by atoms with Crippen LogP contribution in [0.15, 0.2) is 36.4 Å². The Balaban J connectivity index is 1.80. The molecule has 0 saturated carbocycles. The first-order valence-corrected chi connectivity index (χ1v) is 7.42. The normalized spacial score (nSPS) is 16.8. The summed E-state index contributed by atoms with van der Waals surface area (Å²) >= 11 is 6.07. The number of nitrogens with one attached hydrogen (secondary N) is 1. The van der Waals surface area contributed by atoms with E-state index in [-0.39, 0.29) is 12.4 Å². The van der Waals surface area contributed by atoms with Crippen LogP contribution in [0.4, 0.5) is 4.39 Å². The van der Waals surface area contributed by atoms with E-state index in [2.05, 4.69) is 11.4 Å². The summed E-state index contributed by atoms with van der Waals surface area (Å²) in [7, 11) is 1.97. The average molecular weight is 306 g/mol. The molecular weight excluding hydrogens is 289 g/mol. The molecule has 2 aromatic rings. The lowest BCUT2D eigenvalue weighted by Crippen LogP contribution is -2.12. The highest BCUT2D eigenvalue weighted by Gasteiger charge is 2.23.